The van der Waals surface area contributed by atoms with Gasteiger partial charge in [-0.1, -0.05) is 39.8 Å². The second-order valence-corrected chi connectivity index (χ2v) is 9.13. The molecule has 0 atom stereocenters. The van der Waals surface area contributed by atoms with E-state index in [1.54, 1.807) is 32.0 Å². The largest absolute Gasteiger partial charge is 0.382 e. The van der Waals surface area contributed by atoms with E-state index in [0.29, 0.717) is 19.0 Å². The Labute approximate surface area is 146 Å². The van der Waals surface area contributed by atoms with Crippen LogP contribution in [-0.2, 0) is 21.5 Å². The molecule has 1 rings (SSSR count). The highest BCUT2D eigenvalue weighted by Crippen LogP contribution is 2.19. The molecule has 0 heterocycles. The van der Waals surface area contributed by atoms with E-state index in [1.165, 1.54) is 0 Å². The fourth-order valence-corrected chi connectivity index (χ4v) is 2.75. The van der Waals surface area contributed by atoms with Crippen molar-refractivity contribution in [1.29, 1.82) is 0 Å². The first-order valence-electron chi connectivity index (χ1n) is 8.34. The van der Waals surface area contributed by atoms with Gasteiger partial charge in [-0.25, -0.2) is 0 Å². The number of carbonyl (C=O) groups is 1. The number of benzene rings is 1. The quantitative estimate of drug-likeness (QED) is 0.670. The molecule has 0 spiro atoms. The van der Waals surface area contributed by atoms with Gasteiger partial charge >= 0.3 is 10.1 Å². The van der Waals surface area contributed by atoms with Gasteiger partial charge < -0.3 is 9.08 Å². The lowest BCUT2D eigenvalue weighted by Crippen LogP contribution is -2.36. The maximum absolute atomic E-state index is 12.4. The smallest absolute Gasteiger partial charge is 0.311 e. The van der Waals surface area contributed by atoms with E-state index in [4.69, 9.17) is 4.18 Å². The Hall–Kier alpha value is -1.56. The van der Waals surface area contributed by atoms with Gasteiger partial charge in [0.2, 0.25) is 5.91 Å². The number of amides is 1. The number of hydrogen-bond donors (Lipinski definition) is 0. The molecule has 0 unspecified atom stereocenters. The SMILES string of the molecule is CC(C)CN(Cc1cccc(OS(=O)(=O)C(C)C)c1)C(=O)C(C)C. The Morgan fingerprint density at radius 1 is 1.12 bits per heavy atom. The highest BCUT2D eigenvalue weighted by Gasteiger charge is 2.20. The molecule has 0 aromatic heterocycles. The molecule has 0 bridgehead atoms. The molecular weight excluding hydrogens is 326 g/mol. The lowest BCUT2D eigenvalue weighted by atomic mass is 10.1. The highest BCUT2D eigenvalue weighted by molar-refractivity contribution is 7.87. The minimum absolute atomic E-state index is 0.0792. The maximum Gasteiger partial charge on any atom is 0.311 e. The molecule has 0 aliphatic rings. The fourth-order valence-electron chi connectivity index (χ4n) is 2.18. The molecule has 1 aromatic rings. The van der Waals surface area contributed by atoms with Crippen LogP contribution in [0, 0.1) is 11.8 Å². The molecule has 0 fully saturated rings. The van der Waals surface area contributed by atoms with Crippen LogP contribution in [-0.4, -0.2) is 31.0 Å². The third-order valence-corrected chi connectivity index (χ3v) is 5.03. The first-order valence-corrected chi connectivity index (χ1v) is 9.81. The van der Waals surface area contributed by atoms with Crippen LogP contribution in [0.2, 0.25) is 0 Å². The van der Waals surface area contributed by atoms with Crippen molar-refractivity contribution in [2.75, 3.05) is 6.54 Å². The van der Waals surface area contributed by atoms with Crippen molar-refractivity contribution in [3.8, 4) is 5.75 Å². The molecular formula is C18H29NO4S. The Bertz CT molecular complexity index is 651. The van der Waals surface area contributed by atoms with Crippen LogP contribution in [0.4, 0.5) is 0 Å². The number of hydrogen-bond acceptors (Lipinski definition) is 4. The summed E-state index contributed by atoms with van der Waals surface area (Å²) in [5.41, 5.74) is 0.848. The van der Waals surface area contributed by atoms with Gasteiger partial charge in [0.05, 0.1) is 5.25 Å². The standard InChI is InChI=1S/C18H29NO4S/c1-13(2)11-19(18(20)14(3)4)12-16-8-7-9-17(10-16)23-24(21,22)15(5)6/h7-10,13-15H,11-12H2,1-6H3. The average molecular weight is 356 g/mol. The molecule has 0 saturated heterocycles. The lowest BCUT2D eigenvalue weighted by Gasteiger charge is -2.26. The Balaban J connectivity index is 2.97. The Morgan fingerprint density at radius 3 is 2.25 bits per heavy atom. The van der Waals surface area contributed by atoms with Crippen LogP contribution in [0.15, 0.2) is 24.3 Å². The molecule has 0 radical (unpaired) electrons. The van der Waals surface area contributed by atoms with Gasteiger partial charge in [-0.2, -0.15) is 8.42 Å². The average Bonchev–Trinajstić information content (AvgIpc) is 2.44. The second-order valence-electron chi connectivity index (χ2n) is 7.04. The van der Waals surface area contributed by atoms with Crippen molar-refractivity contribution in [3.63, 3.8) is 0 Å². The molecule has 24 heavy (non-hydrogen) atoms. The molecule has 1 amide bonds. The van der Waals surface area contributed by atoms with Gasteiger partial charge in [0.25, 0.3) is 0 Å². The Kier molecular flexibility index (Phi) is 7.27. The topological polar surface area (TPSA) is 63.7 Å². The predicted molar refractivity (Wildman–Crippen MR) is 96.2 cm³/mol. The van der Waals surface area contributed by atoms with Crippen molar-refractivity contribution in [1.82, 2.24) is 4.90 Å². The molecule has 5 nitrogen and oxygen atoms in total. The van der Waals surface area contributed by atoms with Crippen molar-refractivity contribution < 1.29 is 17.4 Å². The molecule has 0 N–H and O–H groups in total. The van der Waals surface area contributed by atoms with Crippen molar-refractivity contribution in [2.24, 2.45) is 11.8 Å². The minimum Gasteiger partial charge on any atom is -0.382 e. The summed E-state index contributed by atoms with van der Waals surface area (Å²) < 4.78 is 28.9. The van der Waals surface area contributed by atoms with Crippen molar-refractivity contribution in [3.05, 3.63) is 29.8 Å². The van der Waals surface area contributed by atoms with Gasteiger partial charge in [0, 0.05) is 19.0 Å². The van der Waals surface area contributed by atoms with E-state index in [2.05, 4.69) is 13.8 Å². The van der Waals surface area contributed by atoms with Crippen molar-refractivity contribution in [2.45, 2.75) is 53.3 Å². The zero-order valence-electron chi connectivity index (χ0n) is 15.4. The summed E-state index contributed by atoms with van der Waals surface area (Å²) in [6.07, 6.45) is 0. The summed E-state index contributed by atoms with van der Waals surface area (Å²) in [5.74, 6) is 0.644. The summed E-state index contributed by atoms with van der Waals surface area (Å²) in [4.78, 5) is 14.2. The number of rotatable bonds is 8. The van der Waals surface area contributed by atoms with Gasteiger partial charge in [-0.05, 0) is 37.5 Å². The zero-order valence-corrected chi connectivity index (χ0v) is 16.3. The van der Waals surface area contributed by atoms with Crippen LogP contribution in [0.25, 0.3) is 0 Å². The van der Waals surface area contributed by atoms with Crippen LogP contribution < -0.4 is 4.18 Å². The van der Waals surface area contributed by atoms with E-state index in [1.807, 2.05) is 24.8 Å². The van der Waals surface area contributed by atoms with Crippen LogP contribution >= 0.6 is 0 Å². The van der Waals surface area contributed by atoms with E-state index in [9.17, 15) is 13.2 Å². The first kappa shape index (κ1) is 20.5. The van der Waals surface area contributed by atoms with Gasteiger partial charge in [0.1, 0.15) is 5.75 Å². The van der Waals surface area contributed by atoms with Crippen LogP contribution in [0.3, 0.4) is 0 Å². The van der Waals surface area contributed by atoms with Gasteiger partial charge in [-0.15, -0.1) is 0 Å². The summed E-state index contributed by atoms with van der Waals surface area (Å²) in [7, 11) is -3.63. The van der Waals surface area contributed by atoms with Crippen molar-refractivity contribution >= 4 is 16.0 Å². The first-order chi connectivity index (χ1) is 11.0. The lowest BCUT2D eigenvalue weighted by molar-refractivity contribution is -0.135. The van der Waals surface area contributed by atoms with Crippen LogP contribution in [0.1, 0.15) is 47.1 Å². The fraction of sp³-hybridized carbons (Fsp3) is 0.611. The monoisotopic (exact) mass is 355 g/mol. The summed E-state index contributed by atoms with van der Waals surface area (Å²) >= 11 is 0. The van der Waals surface area contributed by atoms with E-state index < -0.39 is 15.4 Å². The summed E-state index contributed by atoms with van der Waals surface area (Å²) in [5, 5.41) is -0.610. The summed E-state index contributed by atoms with van der Waals surface area (Å²) in [6, 6.07) is 6.91. The Morgan fingerprint density at radius 2 is 1.75 bits per heavy atom. The minimum atomic E-state index is -3.63. The van der Waals surface area contributed by atoms with Crippen LogP contribution in [0.5, 0.6) is 5.75 Å². The normalized spacial score (nSPS) is 12.0. The second kappa shape index (κ2) is 8.51. The van der Waals surface area contributed by atoms with Gasteiger partial charge in [0.15, 0.2) is 0 Å². The molecule has 0 aliphatic carbocycles. The van der Waals surface area contributed by atoms with E-state index in [-0.39, 0.29) is 17.6 Å². The van der Waals surface area contributed by atoms with E-state index >= 15 is 0 Å². The van der Waals surface area contributed by atoms with E-state index in [0.717, 1.165) is 5.56 Å². The third kappa shape index (κ3) is 6.15. The predicted octanol–water partition coefficient (Wildman–Crippen LogP) is 3.44. The third-order valence-electron chi connectivity index (χ3n) is 3.45. The highest BCUT2D eigenvalue weighted by atomic mass is 32.2. The molecule has 0 saturated carbocycles. The number of carbonyl (C=O) groups excluding carboxylic acids is 1. The molecule has 6 heteroatoms. The van der Waals surface area contributed by atoms with Gasteiger partial charge in [-0.3, -0.25) is 4.79 Å². The zero-order chi connectivity index (χ0) is 18.5. The molecule has 136 valence electrons. The summed E-state index contributed by atoms with van der Waals surface area (Å²) in [6.45, 7) is 12.1. The number of nitrogens with zero attached hydrogens (tertiary/aromatic N) is 1. The molecule has 1 aromatic carbocycles. The molecule has 0 aliphatic heterocycles. The maximum atomic E-state index is 12.4.